The summed E-state index contributed by atoms with van der Waals surface area (Å²) in [7, 11) is 0. The van der Waals surface area contributed by atoms with Crippen molar-refractivity contribution in [3.05, 3.63) is 34.8 Å². The Kier molecular flexibility index (Phi) is 5.76. The molecule has 0 aliphatic carbocycles. The van der Waals surface area contributed by atoms with Crippen LogP contribution in [0.2, 0.25) is 0 Å². The molecule has 4 nitrogen and oxygen atoms in total. The van der Waals surface area contributed by atoms with Crippen LogP contribution in [0.25, 0.3) is 0 Å². The molecule has 0 saturated carbocycles. The van der Waals surface area contributed by atoms with Gasteiger partial charge >= 0.3 is 0 Å². The predicted octanol–water partition coefficient (Wildman–Crippen LogP) is 4.09. The smallest absolute Gasteiger partial charge is 0.225 e. The van der Waals surface area contributed by atoms with Gasteiger partial charge in [-0.1, -0.05) is 49.1 Å². The number of carbonyl (C=O) groups is 1. The molecule has 1 aromatic carbocycles. The van der Waals surface area contributed by atoms with Crippen LogP contribution in [-0.2, 0) is 4.79 Å². The van der Waals surface area contributed by atoms with Crippen LogP contribution in [0.1, 0.15) is 36.8 Å². The van der Waals surface area contributed by atoms with Gasteiger partial charge in [-0.05, 0) is 30.5 Å². The average Bonchev–Trinajstić information content (AvgIpc) is 2.85. The maximum Gasteiger partial charge on any atom is 0.225 e. The van der Waals surface area contributed by atoms with E-state index >= 15 is 0 Å². The van der Waals surface area contributed by atoms with Crippen LogP contribution in [0.3, 0.4) is 0 Å². The van der Waals surface area contributed by atoms with Crippen LogP contribution < -0.4 is 5.32 Å². The molecule has 0 bridgehead atoms. The molecule has 0 radical (unpaired) electrons. The average molecular weight is 321 g/mol. The third kappa shape index (κ3) is 5.13. The Bertz CT molecular complexity index is 593. The largest absolute Gasteiger partial charge is 0.326 e. The van der Waals surface area contributed by atoms with Gasteiger partial charge in [0, 0.05) is 17.9 Å². The Hall–Kier alpha value is -1.40. The second-order valence-electron chi connectivity index (χ2n) is 5.01. The molecule has 0 fully saturated rings. The van der Waals surface area contributed by atoms with Crippen molar-refractivity contribution in [3.8, 4) is 0 Å². The third-order valence-electron chi connectivity index (χ3n) is 2.92. The number of aryl methyl sites for hydroxylation is 1. The van der Waals surface area contributed by atoms with Crippen LogP contribution in [0.15, 0.2) is 28.6 Å². The van der Waals surface area contributed by atoms with Crippen molar-refractivity contribution in [2.45, 2.75) is 37.4 Å². The number of thioether (sulfide) groups is 1. The van der Waals surface area contributed by atoms with Gasteiger partial charge in [-0.15, -0.1) is 10.2 Å². The lowest BCUT2D eigenvalue weighted by atomic mass is 10.0. The van der Waals surface area contributed by atoms with Gasteiger partial charge in [0.05, 0.1) is 0 Å². The Morgan fingerprint density at radius 2 is 2.00 bits per heavy atom. The Morgan fingerprint density at radius 3 is 2.57 bits per heavy atom. The molecule has 0 atom stereocenters. The number of nitrogens with one attached hydrogen (secondary N) is 1. The first kappa shape index (κ1) is 16.0. The maximum atomic E-state index is 11.9. The van der Waals surface area contributed by atoms with E-state index in [0.29, 0.717) is 18.1 Å². The highest BCUT2D eigenvalue weighted by Crippen LogP contribution is 2.22. The van der Waals surface area contributed by atoms with E-state index in [9.17, 15) is 4.79 Å². The quantitative estimate of drug-likeness (QED) is 0.814. The molecule has 2 rings (SSSR count). The number of carbonyl (C=O) groups excluding carboxylic acids is 1. The molecule has 6 heteroatoms. The predicted molar refractivity (Wildman–Crippen MR) is 89.1 cm³/mol. The zero-order chi connectivity index (χ0) is 15.2. The van der Waals surface area contributed by atoms with Crippen LogP contribution in [-0.4, -0.2) is 21.9 Å². The molecule has 1 N–H and O–H groups in total. The molecule has 1 heterocycles. The number of anilines is 1. The van der Waals surface area contributed by atoms with Gasteiger partial charge < -0.3 is 5.32 Å². The van der Waals surface area contributed by atoms with Crippen molar-refractivity contribution in [2.24, 2.45) is 0 Å². The summed E-state index contributed by atoms with van der Waals surface area (Å²) in [5.41, 5.74) is 2.12. The zero-order valence-corrected chi connectivity index (χ0v) is 14.1. The van der Waals surface area contributed by atoms with Crippen LogP contribution in [0.5, 0.6) is 0 Å². The monoisotopic (exact) mass is 321 g/mol. The van der Waals surface area contributed by atoms with E-state index in [1.54, 1.807) is 23.1 Å². The number of aromatic nitrogens is 2. The summed E-state index contributed by atoms with van der Waals surface area (Å²) in [4.78, 5) is 11.9. The highest BCUT2D eigenvalue weighted by atomic mass is 32.2. The van der Waals surface area contributed by atoms with E-state index in [1.807, 2.05) is 19.1 Å². The molecule has 0 unspecified atom stereocenters. The molecule has 0 aliphatic rings. The van der Waals surface area contributed by atoms with Gasteiger partial charge in [-0.25, -0.2) is 0 Å². The van der Waals surface area contributed by atoms with Gasteiger partial charge in [-0.2, -0.15) is 0 Å². The van der Waals surface area contributed by atoms with E-state index in [2.05, 4.69) is 41.5 Å². The van der Waals surface area contributed by atoms with Crippen molar-refractivity contribution >= 4 is 34.7 Å². The molecule has 21 heavy (non-hydrogen) atoms. The number of nitrogens with zero attached hydrogens (tertiary/aromatic N) is 2. The Labute approximate surface area is 133 Å². The normalized spacial score (nSPS) is 10.9. The molecule has 1 amide bonds. The number of benzene rings is 1. The topological polar surface area (TPSA) is 54.9 Å². The fraction of sp³-hybridized carbons (Fsp3) is 0.400. The van der Waals surface area contributed by atoms with Gasteiger partial charge in [0.25, 0.3) is 0 Å². The highest BCUT2D eigenvalue weighted by molar-refractivity contribution is 8.01. The van der Waals surface area contributed by atoms with Crippen LogP contribution >= 0.6 is 23.1 Å². The minimum Gasteiger partial charge on any atom is -0.326 e. The SMILES string of the molecule is Cc1nnc(SCCC(=O)Nc2ccc(C(C)C)cc2)s1. The van der Waals surface area contributed by atoms with E-state index in [1.165, 1.54) is 5.56 Å². The molecule has 1 aromatic heterocycles. The molecule has 2 aromatic rings. The second kappa shape index (κ2) is 7.56. The van der Waals surface area contributed by atoms with E-state index < -0.39 is 0 Å². The van der Waals surface area contributed by atoms with Gasteiger partial charge in [0.1, 0.15) is 5.01 Å². The minimum atomic E-state index is 0.0287. The lowest BCUT2D eigenvalue weighted by molar-refractivity contribution is -0.115. The number of hydrogen-bond acceptors (Lipinski definition) is 5. The fourth-order valence-electron chi connectivity index (χ4n) is 1.74. The molecule has 0 spiro atoms. The summed E-state index contributed by atoms with van der Waals surface area (Å²) in [6.45, 7) is 6.23. The van der Waals surface area contributed by atoms with Gasteiger partial charge in [-0.3, -0.25) is 4.79 Å². The first-order valence-electron chi connectivity index (χ1n) is 6.87. The number of rotatable bonds is 6. The Balaban J connectivity index is 1.76. The number of hydrogen-bond donors (Lipinski definition) is 1. The van der Waals surface area contributed by atoms with Crippen molar-refractivity contribution in [2.75, 3.05) is 11.1 Å². The molecule has 0 aliphatic heterocycles. The summed E-state index contributed by atoms with van der Waals surface area (Å²) in [6.07, 6.45) is 0.467. The van der Waals surface area contributed by atoms with Crippen molar-refractivity contribution in [3.63, 3.8) is 0 Å². The lowest BCUT2D eigenvalue weighted by Crippen LogP contribution is -2.12. The van der Waals surface area contributed by atoms with E-state index in [0.717, 1.165) is 15.0 Å². The lowest BCUT2D eigenvalue weighted by Gasteiger charge is -2.08. The summed E-state index contributed by atoms with van der Waals surface area (Å²) in [6, 6.07) is 8.01. The highest BCUT2D eigenvalue weighted by Gasteiger charge is 2.06. The summed E-state index contributed by atoms with van der Waals surface area (Å²) in [5, 5.41) is 11.8. The van der Waals surface area contributed by atoms with Crippen molar-refractivity contribution in [1.82, 2.24) is 10.2 Å². The van der Waals surface area contributed by atoms with Crippen molar-refractivity contribution < 1.29 is 4.79 Å². The van der Waals surface area contributed by atoms with Crippen LogP contribution in [0, 0.1) is 6.92 Å². The first-order valence-corrected chi connectivity index (χ1v) is 8.67. The van der Waals surface area contributed by atoms with Gasteiger partial charge in [0.15, 0.2) is 4.34 Å². The zero-order valence-electron chi connectivity index (χ0n) is 12.4. The summed E-state index contributed by atoms with van der Waals surface area (Å²) < 4.78 is 0.918. The fourth-order valence-corrected chi connectivity index (χ4v) is 3.57. The summed E-state index contributed by atoms with van der Waals surface area (Å²) >= 11 is 3.13. The number of amides is 1. The van der Waals surface area contributed by atoms with E-state index in [-0.39, 0.29) is 5.91 Å². The molecular formula is C15H19N3OS2. The van der Waals surface area contributed by atoms with Crippen molar-refractivity contribution in [1.29, 1.82) is 0 Å². The minimum absolute atomic E-state index is 0.0287. The Morgan fingerprint density at radius 1 is 1.29 bits per heavy atom. The maximum absolute atomic E-state index is 11.9. The molecule has 112 valence electrons. The third-order valence-corrected chi connectivity index (χ3v) is 4.90. The second-order valence-corrected chi connectivity index (χ2v) is 7.53. The van der Waals surface area contributed by atoms with Gasteiger partial charge in [0.2, 0.25) is 5.91 Å². The molecular weight excluding hydrogens is 302 g/mol. The van der Waals surface area contributed by atoms with Crippen LogP contribution in [0.4, 0.5) is 5.69 Å². The first-order chi connectivity index (χ1) is 10.0. The molecule has 0 saturated heterocycles. The standard InChI is InChI=1S/C15H19N3OS2/c1-10(2)12-4-6-13(7-5-12)16-14(19)8-9-20-15-18-17-11(3)21-15/h4-7,10H,8-9H2,1-3H3,(H,16,19). The van der Waals surface area contributed by atoms with E-state index in [4.69, 9.17) is 0 Å². The summed E-state index contributed by atoms with van der Waals surface area (Å²) in [5.74, 6) is 1.24.